The van der Waals surface area contributed by atoms with Crippen LogP contribution < -0.4 is 67.6 Å². The zero-order valence-electron chi connectivity index (χ0n) is 72.5. The number of hydrogen-bond acceptors (Lipinski definition) is 20. The Hall–Kier alpha value is -9.64. The average Bonchev–Trinajstić information content (AvgIpc) is 0.831. The van der Waals surface area contributed by atoms with Gasteiger partial charge in [-0.05, 0) is 277 Å². The van der Waals surface area contributed by atoms with Crippen LogP contribution in [0.4, 0.5) is 4.79 Å². The van der Waals surface area contributed by atoms with Crippen molar-refractivity contribution in [3.05, 3.63) is 104 Å². The largest absolute Gasteiger partial charge is 0.487 e. The number of nitrogens with one attached hydrogen (secondary N) is 9. The summed E-state index contributed by atoms with van der Waals surface area (Å²) < 4.78 is 98.8. The first-order valence-corrected chi connectivity index (χ1v) is 42.9. The molecule has 4 aromatic carbocycles. The van der Waals surface area contributed by atoms with Crippen LogP contribution in [0.2, 0.25) is 0 Å². The summed E-state index contributed by atoms with van der Waals surface area (Å²) in [6.45, 7) is 38.0. The van der Waals surface area contributed by atoms with Crippen LogP contribution in [-0.4, -0.2) is 190 Å². The van der Waals surface area contributed by atoms with Crippen molar-refractivity contribution in [2.24, 2.45) is 21.5 Å². The number of rotatable bonds is 34. The number of carbonyl (C=O) groups is 8. The van der Waals surface area contributed by atoms with E-state index in [-0.39, 0.29) is 61.1 Å². The van der Waals surface area contributed by atoms with Gasteiger partial charge in [0.2, 0.25) is 47.4 Å². The van der Waals surface area contributed by atoms with Gasteiger partial charge >= 0.3 is 12.1 Å². The topological polar surface area (TPSA) is 465 Å². The number of amides is 7. The molecule has 4 aromatic rings. The lowest BCUT2D eigenvalue weighted by Crippen LogP contribution is -2.64. The molecule has 0 fully saturated rings. The molecule has 7 rings (SSSR count). The molecule has 7 amide bonds. The van der Waals surface area contributed by atoms with E-state index in [2.05, 4.69) is 56.6 Å². The second-order valence-corrected chi connectivity index (χ2v) is 38.2. The van der Waals surface area contributed by atoms with Gasteiger partial charge in [0, 0.05) is 19.0 Å². The first-order chi connectivity index (χ1) is 54.5. The number of sulfonamides is 2. The quantitative estimate of drug-likeness (QED) is 0.0123. The van der Waals surface area contributed by atoms with Crippen molar-refractivity contribution < 1.29 is 88.7 Å². The Kier molecular flexibility index (Phi) is 31.2. The molecule has 0 saturated carbocycles. The van der Waals surface area contributed by atoms with Crippen molar-refractivity contribution in [2.75, 3.05) is 26.2 Å². The Balaban J connectivity index is 1.15. The standard InChI is InChI=1S/C84H125N13O19S2/c1-44-46(3)69(48(5)54-36-38-83(20,21)115-67(44)54)117(107,108)96-77(85)87-40-28-34-61(72(101)89-42-63(98)99)91-73(102)62(35-29-41-88-78(86)97-118(109,110)70-47(4)45(2)68-55(49(70)6)37-39-84(22,23)116-68)92-75(104)64(51(8)112-80(11,12)13)94-76(105)65(52(9)113-81(14,15)16)93-71(100)50(7)90-74(103)66(53(10)114-82(17,18)19)95-79(106)111-43-60-58-32-26-24-30-56(58)57-31-25-27-33-59(57)60/h24-27,30-33,50-53,60-62,64-66H,28-29,34-43H2,1-23H3,(H,89,101)(H,90,103)(H,91,102)(H,92,104)(H,93,100)(H,94,105)(H,95,106)(H,98,99)(H3,85,87,96)(H3,86,88,97)/t50-,51+,52+,53+,61-,62-,64-,65-,66-/m0/s1. The zero-order valence-corrected chi connectivity index (χ0v) is 74.2. The number of carboxylic acid groups (broad SMARTS) is 1. The molecule has 32 nitrogen and oxygen atoms in total. The molecule has 0 aromatic heterocycles. The highest BCUT2D eigenvalue weighted by molar-refractivity contribution is 7.90. The van der Waals surface area contributed by atoms with Gasteiger partial charge in [-0.15, -0.1) is 0 Å². The molecule has 9 atom stereocenters. The Labute approximate surface area is 694 Å². The molecule has 0 radical (unpaired) electrons. The molecule has 0 bridgehead atoms. The molecular formula is C84H125N13O19S2. The van der Waals surface area contributed by atoms with E-state index in [4.69, 9.17) is 39.9 Å². The van der Waals surface area contributed by atoms with Crippen LogP contribution in [-0.2, 0) is 85.4 Å². The smallest absolute Gasteiger partial charge is 0.407 e. The second-order valence-electron chi connectivity index (χ2n) is 35.0. The molecule has 0 saturated heterocycles. The summed E-state index contributed by atoms with van der Waals surface area (Å²) in [6.07, 6.45) is -2.85. The maximum Gasteiger partial charge on any atom is 0.407 e. The van der Waals surface area contributed by atoms with Crippen molar-refractivity contribution in [1.82, 2.24) is 46.7 Å². The molecule has 652 valence electrons. The van der Waals surface area contributed by atoms with Crippen LogP contribution in [0.15, 0.2) is 68.3 Å². The van der Waals surface area contributed by atoms with E-state index in [0.29, 0.717) is 70.6 Å². The predicted molar refractivity (Wildman–Crippen MR) is 448 cm³/mol. The zero-order chi connectivity index (χ0) is 88.4. The SMILES string of the molecule is Cc1c(C)c(S(=O)(=O)NC(N)=NCCC[C@H](NC(=O)[C@H](CCCN=C(N)NS(=O)(=O)c2c(C)c(C)c3c(c2C)CCC(C)(C)O3)NC(=O)[C@@H](NC(=O)[C@@H](NC(=O)[C@H](C)NC(=O)[C@@H](NC(=O)OCC2c3ccccc3-c3ccccc32)[C@@H](C)OC(C)(C)C)[C@@H](C)OC(C)(C)C)[C@@H](C)OC(C)(C)C)C(=O)NCC(=O)O)c(C)c2c1OC(C)(C)CC2. The normalized spacial score (nSPS) is 17.0. The van der Waals surface area contributed by atoms with E-state index in [0.717, 1.165) is 33.4 Å². The third-order valence-electron chi connectivity index (χ3n) is 20.7. The fourth-order valence-corrected chi connectivity index (χ4v) is 18.1. The minimum atomic E-state index is -4.40. The van der Waals surface area contributed by atoms with Gasteiger partial charge < -0.3 is 82.2 Å². The lowest BCUT2D eigenvalue weighted by atomic mass is 9.88. The van der Waals surface area contributed by atoms with E-state index in [1.807, 2.05) is 76.2 Å². The number of aliphatic imine (C=N–C) groups is 2. The van der Waals surface area contributed by atoms with E-state index < -0.39 is 169 Å². The summed E-state index contributed by atoms with van der Waals surface area (Å²) in [6, 6.07) is 6.05. The van der Waals surface area contributed by atoms with Crippen LogP contribution in [0.25, 0.3) is 11.1 Å². The average molecular weight is 1690 g/mol. The maximum absolute atomic E-state index is 15.4. The number of guanidine groups is 2. The summed E-state index contributed by atoms with van der Waals surface area (Å²) >= 11 is 0. The number of carbonyl (C=O) groups excluding carboxylic acids is 7. The van der Waals surface area contributed by atoms with Gasteiger partial charge in [-0.2, -0.15) is 0 Å². The summed E-state index contributed by atoms with van der Waals surface area (Å²) in [4.78, 5) is 123. The minimum absolute atomic E-state index is 0.00658. The Morgan fingerprint density at radius 2 is 0.873 bits per heavy atom. The first kappa shape index (κ1) is 95.5. The Bertz CT molecular complexity index is 4670. The van der Waals surface area contributed by atoms with Gasteiger partial charge in [-0.3, -0.25) is 43.5 Å². The molecule has 34 heteroatoms. The molecule has 2 aliphatic heterocycles. The van der Waals surface area contributed by atoms with Crippen molar-refractivity contribution >= 4 is 79.5 Å². The predicted octanol–water partition coefficient (Wildman–Crippen LogP) is 7.35. The highest BCUT2D eigenvalue weighted by Gasteiger charge is 2.42. The third kappa shape index (κ3) is 25.5. The highest BCUT2D eigenvalue weighted by atomic mass is 32.2. The van der Waals surface area contributed by atoms with Crippen molar-refractivity contribution in [2.45, 2.75) is 309 Å². The number of benzene rings is 4. The molecule has 0 unspecified atom stereocenters. The number of carboxylic acids is 1. The molecule has 1 aliphatic carbocycles. The van der Waals surface area contributed by atoms with Gasteiger partial charge in [-0.25, -0.2) is 31.1 Å². The number of nitrogens with two attached hydrogens (primary N) is 2. The van der Waals surface area contributed by atoms with Crippen LogP contribution >= 0.6 is 0 Å². The van der Waals surface area contributed by atoms with Crippen LogP contribution in [0, 0.1) is 41.5 Å². The van der Waals surface area contributed by atoms with E-state index >= 15 is 14.4 Å². The number of ether oxygens (including phenoxy) is 6. The molecule has 14 N–H and O–H groups in total. The molecule has 3 aliphatic rings. The number of fused-ring (bicyclic) bond motifs is 5. The van der Waals surface area contributed by atoms with Gasteiger partial charge in [0.05, 0.1) is 44.9 Å². The van der Waals surface area contributed by atoms with E-state index in [9.17, 15) is 45.9 Å². The van der Waals surface area contributed by atoms with E-state index in [1.54, 1.807) is 111 Å². The third-order valence-corrected chi connectivity index (χ3v) is 24.0. The van der Waals surface area contributed by atoms with Gasteiger partial charge in [0.15, 0.2) is 0 Å². The summed E-state index contributed by atoms with van der Waals surface area (Å²) in [5, 5.41) is 27.9. The number of alkyl carbamates (subject to hydrolysis) is 1. The van der Waals surface area contributed by atoms with E-state index in [1.165, 1.54) is 20.8 Å². The van der Waals surface area contributed by atoms with Crippen molar-refractivity contribution in [1.29, 1.82) is 0 Å². The maximum atomic E-state index is 15.4. The summed E-state index contributed by atoms with van der Waals surface area (Å²) in [5.41, 5.74) is 17.4. The van der Waals surface area contributed by atoms with Crippen molar-refractivity contribution in [3.63, 3.8) is 0 Å². The number of hydrogen-bond donors (Lipinski definition) is 12. The fraction of sp³-hybridized carbons (Fsp3) is 0.595. The monoisotopic (exact) mass is 1680 g/mol. The van der Waals surface area contributed by atoms with Crippen LogP contribution in [0.1, 0.15) is 218 Å². The molecule has 118 heavy (non-hydrogen) atoms. The second kappa shape index (κ2) is 38.6. The number of nitrogens with zero attached hydrogens (tertiary/aromatic N) is 2. The minimum Gasteiger partial charge on any atom is -0.487 e. The molecule has 2 heterocycles. The molecule has 0 spiro atoms. The van der Waals surface area contributed by atoms with Crippen molar-refractivity contribution in [3.8, 4) is 22.6 Å². The Morgan fingerprint density at radius 1 is 0.508 bits per heavy atom. The first-order valence-electron chi connectivity index (χ1n) is 40.0. The summed E-state index contributed by atoms with van der Waals surface area (Å²) in [5.74, 6) is -7.38. The lowest BCUT2D eigenvalue weighted by molar-refractivity contribution is -0.145. The molecular weight excluding hydrogens is 1560 g/mol. The fourth-order valence-electron chi connectivity index (χ4n) is 15.0. The van der Waals surface area contributed by atoms with Crippen LogP contribution in [0.5, 0.6) is 11.5 Å². The highest BCUT2D eigenvalue weighted by Crippen LogP contribution is 2.46. The Morgan fingerprint density at radius 3 is 1.28 bits per heavy atom. The van der Waals surface area contributed by atoms with Crippen LogP contribution in [0.3, 0.4) is 0 Å². The van der Waals surface area contributed by atoms with Gasteiger partial charge in [0.1, 0.15) is 72.1 Å². The van der Waals surface area contributed by atoms with Gasteiger partial charge in [0.25, 0.3) is 20.0 Å². The number of aliphatic carboxylic acids is 1. The lowest BCUT2D eigenvalue weighted by Gasteiger charge is -2.35. The summed E-state index contributed by atoms with van der Waals surface area (Å²) in [7, 11) is -8.75. The van der Waals surface area contributed by atoms with Gasteiger partial charge in [-0.1, -0.05) is 48.5 Å².